The van der Waals surface area contributed by atoms with Gasteiger partial charge in [-0.2, -0.15) is 0 Å². The first kappa shape index (κ1) is 18.0. The van der Waals surface area contributed by atoms with E-state index in [9.17, 15) is 0 Å². The van der Waals surface area contributed by atoms with Crippen LogP contribution in [-0.4, -0.2) is 5.54 Å². The smallest absolute Gasteiger partial charge is 0.0123 e. The molecule has 19 heavy (non-hydrogen) atoms. The van der Waals surface area contributed by atoms with Crippen molar-refractivity contribution in [2.24, 2.45) is 17.6 Å². The fourth-order valence-corrected chi connectivity index (χ4v) is 1.85. The van der Waals surface area contributed by atoms with Crippen LogP contribution < -0.4 is 5.73 Å². The van der Waals surface area contributed by atoms with Crippen molar-refractivity contribution < 1.29 is 0 Å². The van der Waals surface area contributed by atoms with E-state index in [1.54, 1.807) is 0 Å². The van der Waals surface area contributed by atoms with Crippen LogP contribution in [0, 0.1) is 11.8 Å². The highest BCUT2D eigenvalue weighted by Gasteiger charge is 2.23. The minimum absolute atomic E-state index is 0.120. The number of allylic oxidation sites excluding steroid dienone is 5. The molecule has 0 saturated heterocycles. The quantitative estimate of drug-likeness (QED) is 0.528. The van der Waals surface area contributed by atoms with Gasteiger partial charge in [-0.05, 0) is 70.1 Å². The zero-order valence-electron chi connectivity index (χ0n) is 13.7. The third-order valence-electron chi connectivity index (χ3n) is 3.55. The van der Waals surface area contributed by atoms with Crippen LogP contribution in [0.2, 0.25) is 0 Å². The maximum Gasteiger partial charge on any atom is 0.0123 e. The van der Waals surface area contributed by atoms with Gasteiger partial charge in [0.25, 0.3) is 0 Å². The molecule has 0 aromatic rings. The van der Waals surface area contributed by atoms with Gasteiger partial charge in [0, 0.05) is 5.54 Å². The molecule has 0 aliphatic carbocycles. The van der Waals surface area contributed by atoms with Crippen molar-refractivity contribution in [1.82, 2.24) is 0 Å². The summed E-state index contributed by atoms with van der Waals surface area (Å²) in [7, 11) is 0. The van der Waals surface area contributed by atoms with Gasteiger partial charge in [0.05, 0.1) is 0 Å². The first-order valence-electron chi connectivity index (χ1n) is 7.20. The summed E-state index contributed by atoms with van der Waals surface area (Å²) in [5.41, 5.74) is 11.8. The fourth-order valence-electron chi connectivity index (χ4n) is 1.85. The van der Waals surface area contributed by atoms with Crippen LogP contribution in [0.15, 0.2) is 41.2 Å². The number of hydrogen-bond donors (Lipinski definition) is 1. The van der Waals surface area contributed by atoms with Crippen molar-refractivity contribution in [2.45, 2.75) is 60.4 Å². The second-order valence-electron chi connectivity index (χ2n) is 6.34. The van der Waals surface area contributed by atoms with Crippen molar-refractivity contribution in [1.29, 1.82) is 0 Å². The molecular weight excluding hydrogens is 230 g/mol. The van der Waals surface area contributed by atoms with Crippen LogP contribution in [0.5, 0.6) is 0 Å². The lowest BCUT2D eigenvalue weighted by Crippen LogP contribution is -2.40. The van der Waals surface area contributed by atoms with Gasteiger partial charge in [-0.25, -0.2) is 0 Å². The molecule has 108 valence electrons. The van der Waals surface area contributed by atoms with Gasteiger partial charge >= 0.3 is 0 Å². The number of nitrogens with two attached hydrogens (primary N) is 1. The first-order chi connectivity index (χ1) is 8.68. The Bertz CT molecular complexity index is 380. The average Bonchev–Trinajstić information content (AvgIpc) is 2.26. The van der Waals surface area contributed by atoms with E-state index >= 15 is 0 Å². The van der Waals surface area contributed by atoms with Crippen molar-refractivity contribution in [2.75, 3.05) is 0 Å². The Hall–Kier alpha value is -1.04. The summed E-state index contributed by atoms with van der Waals surface area (Å²) in [6.45, 7) is 14.9. The van der Waals surface area contributed by atoms with Crippen LogP contribution in [0.3, 0.4) is 0 Å². The average molecular weight is 261 g/mol. The van der Waals surface area contributed by atoms with E-state index in [4.69, 9.17) is 5.73 Å². The molecule has 0 rings (SSSR count). The summed E-state index contributed by atoms with van der Waals surface area (Å²) in [6.07, 6.45) is 9.55. The van der Waals surface area contributed by atoms with Crippen LogP contribution in [0.4, 0.5) is 0 Å². The van der Waals surface area contributed by atoms with Crippen LogP contribution in [0.25, 0.3) is 0 Å². The van der Waals surface area contributed by atoms with Crippen molar-refractivity contribution in [3.8, 4) is 0 Å². The molecule has 0 heterocycles. The molecule has 2 unspecified atom stereocenters. The van der Waals surface area contributed by atoms with Crippen LogP contribution >= 0.6 is 0 Å². The largest absolute Gasteiger partial charge is 0.325 e. The Morgan fingerprint density at radius 1 is 1.26 bits per heavy atom. The van der Waals surface area contributed by atoms with Crippen LogP contribution in [-0.2, 0) is 0 Å². The van der Waals surface area contributed by atoms with E-state index in [0.717, 1.165) is 6.42 Å². The minimum Gasteiger partial charge on any atom is -0.325 e. The standard InChI is InChI=1S/C18H31N/c1-8-10-17(12-9-11-14(2)3)15(4)13-16(5)18(6,7)19/h8-10,12,15-16H,13,19H2,1-7H3/b10-8-,17-12+. The second kappa shape index (κ2) is 8.19. The molecule has 0 aliphatic rings. The predicted molar refractivity (Wildman–Crippen MR) is 87.1 cm³/mol. The molecule has 0 bridgehead atoms. The summed E-state index contributed by atoms with van der Waals surface area (Å²) >= 11 is 0. The van der Waals surface area contributed by atoms with Gasteiger partial charge in [-0.3, -0.25) is 0 Å². The molecule has 2 N–H and O–H groups in total. The van der Waals surface area contributed by atoms with Gasteiger partial charge in [-0.15, -0.1) is 5.73 Å². The maximum absolute atomic E-state index is 6.18. The first-order valence-corrected chi connectivity index (χ1v) is 7.20. The third kappa shape index (κ3) is 7.87. The Balaban J connectivity index is 4.96. The van der Waals surface area contributed by atoms with E-state index in [1.165, 1.54) is 11.1 Å². The molecule has 0 aromatic carbocycles. The summed E-state index contributed by atoms with van der Waals surface area (Å²) in [5.74, 6) is 0.993. The number of rotatable bonds is 6. The predicted octanol–water partition coefficient (Wildman–Crippen LogP) is 5.01. The highest BCUT2D eigenvalue weighted by atomic mass is 14.7. The van der Waals surface area contributed by atoms with Crippen LogP contribution in [0.1, 0.15) is 54.9 Å². The highest BCUT2D eigenvalue weighted by Crippen LogP contribution is 2.26. The Morgan fingerprint density at radius 3 is 2.26 bits per heavy atom. The Kier molecular flexibility index (Phi) is 7.75. The highest BCUT2D eigenvalue weighted by molar-refractivity contribution is 5.26. The lowest BCUT2D eigenvalue weighted by Gasteiger charge is -2.29. The molecule has 0 radical (unpaired) electrons. The normalized spacial score (nSPS) is 16.1. The lowest BCUT2D eigenvalue weighted by atomic mass is 9.81. The van der Waals surface area contributed by atoms with Crippen molar-refractivity contribution in [3.05, 3.63) is 41.2 Å². The molecular formula is C18H31N. The van der Waals surface area contributed by atoms with E-state index in [1.807, 2.05) is 6.08 Å². The van der Waals surface area contributed by atoms with Gasteiger partial charge in [0.1, 0.15) is 0 Å². The second-order valence-corrected chi connectivity index (χ2v) is 6.34. The molecule has 2 atom stereocenters. The van der Waals surface area contributed by atoms with Gasteiger partial charge in [0.2, 0.25) is 0 Å². The Labute approximate surface area is 120 Å². The topological polar surface area (TPSA) is 26.0 Å². The number of hydrogen-bond acceptors (Lipinski definition) is 1. The molecule has 0 amide bonds. The SMILES string of the molecule is C/C=C\C(=C/C=C=C(C)C)C(C)CC(C)C(C)(C)N. The summed E-state index contributed by atoms with van der Waals surface area (Å²) < 4.78 is 0. The minimum atomic E-state index is -0.120. The zero-order valence-corrected chi connectivity index (χ0v) is 13.7. The summed E-state index contributed by atoms with van der Waals surface area (Å²) in [5, 5.41) is 0. The molecule has 0 aromatic heterocycles. The zero-order chi connectivity index (χ0) is 15.1. The molecule has 1 heteroatoms. The van der Waals surface area contributed by atoms with E-state index in [2.05, 4.69) is 72.4 Å². The van der Waals surface area contributed by atoms with Crippen molar-refractivity contribution >= 4 is 0 Å². The molecule has 0 aliphatic heterocycles. The maximum atomic E-state index is 6.18. The van der Waals surface area contributed by atoms with Gasteiger partial charge < -0.3 is 5.73 Å². The summed E-state index contributed by atoms with van der Waals surface area (Å²) in [6, 6.07) is 0. The van der Waals surface area contributed by atoms with E-state index in [-0.39, 0.29) is 5.54 Å². The third-order valence-corrected chi connectivity index (χ3v) is 3.55. The fraction of sp³-hybridized carbons (Fsp3) is 0.611. The summed E-state index contributed by atoms with van der Waals surface area (Å²) in [4.78, 5) is 0. The monoisotopic (exact) mass is 261 g/mol. The lowest BCUT2D eigenvalue weighted by molar-refractivity contribution is 0.301. The molecule has 0 fully saturated rings. The molecule has 1 nitrogen and oxygen atoms in total. The molecule has 0 saturated carbocycles. The molecule has 0 spiro atoms. The van der Waals surface area contributed by atoms with E-state index in [0.29, 0.717) is 11.8 Å². The van der Waals surface area contributed by atoms with Gasteiger partial charge in [0.15, 0.2) is 0 Å². The Morgan fingerprint density at radius 2 is 1.84 bits per heavy atom. The van der Waals surface area contributed by atoms with E-state index < -0.39 is 0 Å². The van der Waals surface area contributed by atoms with Gasteiger partial charge in [-0.1, -0.05) is 32.1 Å². The van der Waals surface area contributed by atoms with Crippen molar-refractivity contribution in [3.63, 3.8) is 0 Å².